The van der Waals surface area contributed by atoms with Gasteiger partial charge in [0.1, 0.15) is 6.33 Å². The molecule has 158 valence electrons. The number of ether oxygens (including phenoxy) is 1. The van der Waals surface area contributed by atoms with Crippen LogP contribution in [-0.4, -0.2) is 57.1 Å². The third-order valence-corrected chi connectivity index (χ3v) is 6.25. The highest BCUT2D eigenvalue weighted by Crippen LogP contribution is 2.40. The van der Waals surface area contributed by atoms with Gasteiger partial charge in [0.2, 0.25) is 5.65 Å². The number of carbonyl (C=O) groups is 1. The van der Waals surface area contributed by atoms with Crippen molar-refractivity contribution < 1.29 is 13.9 Å². The van der Waals surface area contributed by atoms with Gasteiger partial charge in [-0.05, 0) is 50.3 Å². The first-order valence-corrected chi connectivity index (χ1v) is 10.6. The minimum Gasteiger partial charge on any atom is -0.459 e. The number of piperidine rings is 1. The lowest BCUT2D eigenvalue weighted by molar-refractivity contribution is -0.0542. The van der Waals surface area contributed by atoms with Crippen LogP contribution in [0.5, 0.6) is 0 Å². The SMILES string of the molecule is CCc1cc(N2CCC3(CCC(CNC(=O)c4ccco4)O3)CC2)c2nncn2n1. The summed E-state index contributed by atoms with van der Waals surface area (Å²) >= 11 is 0. The molecular weight excluding hydrogens is 384 g/mol. The minimum atomic E-state index is -0.193. The summed E-state index contributed by atoms with van der Waals surface area (Å²) in [6.07, 6.45) is 7.98. The number of nitrogens with one attached hydrogen (secondary N) is 1. The lowest BCUT2D eigenvalue weighted by Gasteiger charge is -2.40. The fraction of sp³-hybridized carbons (Fsp3) is 0.524. The van der Waals surface area contributed by atoms with Crippen molar-refractivity contribution in [1.82, 2.24) is 25.1 Å². The molecule has 9 heteroatoms. The number of furan rings is 1. The number of aromatic nitrogens is 4. The van der Waals surface area contributed by atoms with Crippen LogP contribution in [0.2, 0.25) is 0 Å². The van der Waals surface area contributed by atoms with Gasteiger partial charge in [0.25, 0.3) is 5.91 Å². The molecule has 0 aliphatic carbocycles. The molecule has 1 N–H and O–H groups in total. The van der Waals surface area contributed by atoms with Crippen LogP contribution in [0.15, 0.2) is 35.2 Å². The molecular formula is C21H26N6O3. The first-order valence-electron chi connectivity index (χ1n) is 10.6. The van der Waals surface area contributed by atoms with Gasteiger partial charge < -0.3 is 19.4 Å². The molecule has 2 saturated heterocycles. The van der Waals surface area contributed by atoms with Crippen molar-refractivity contribution in [2.45, 2.75) is 50.7 Å². The predicted molar refractivity (Wildman–Crippen MR) is 109 cm³/mol. The molecule has 0 bridgehead atoms. The van der Waals surface area contributed by atoms with Gasteiger partial charge in [0.05, 0.1) is 29.3 Å². The van der Waals surface area contributed by atoms with E-state index < -0.39 is 0 Å². The average molecular weight is 410 g/mol. The molecule has 2 aliphatic rings. The van der Waals surface area contributed by atoms with Crippen LogP contribution in [0.1, 0.15) is 48.9 Å². The van der Waals surface area contributed by atoms with Crippen LogP contribution in [0.4, 0.5) is 5.69 Å². The van der Waals surface area contributed by atoms with Gasteiger partial charge in [-0.15, -0.1) is 10.2 Å². The molecule has 5 rings (SSSR count). The highest BCUT2D eigenvalue weighted by atomic mass is 16.5. The summed E-state index contributed by atoms with van der Waals surface area (Å²) in [7, 11) is 0. The monoisotopic (exact) mass is 410 g/mol. The molecule has 30 heavy (non-hydrogen) atoms. The summed E-state index contributed by atoms with van der Waals surface area (Å²) in [6.45, 7) is 4.42. The predicted octanol–water partition coefficient (Wildman–Crippen LogP) is 2.23. The van der Waals surface area contributed by atoms with Crippen LogP contribution < -0.4 is 10.2 Å². The number of rotatable bonds is 5. The topological polar surface area (TPSA) is 97.8 Å². The second kappa shape index (κ2) is 7.71. The number of amides is 1. The van der Waals surface area contributed by atoms with Crippen molar-refractivity contribution in [2.75, 3.05) is 24.5 Å². The second-order valence-corrected chi connectivity index (χ2v) is 8.11. The highest BCUT2D eigenvalue weighted by Gasteiger charge is 2.42. The lowest BCUT2D eigenvalue weighted by atomic mass is 9.88. The second-order valence-electron chi connectivity index (χ2n) is 8.11. The average Bonchev–Trinajstić information content (AvgIpc) is 3.53. The fourth-order valence-corrected chi connectivity index (χ4v) is 4.53. The van der Waals surface area contributed by atoms with Crippen molar-refractivity contribution >= 4 is 17.2 Å². The number of hydrogen-bond donors (Lipinski definition) is 1. The third-order valence-electron chi connectivity index (χ3n) is 6.25. The Morgan fingerprint density at radius 2 is 2.20 bits per heavy atom. The normalized spacial score (nSPS) is 20.8. The summed E-state index contributed by atoms with van der Waals surface area (Å²) in [6, 6.07) is 5.51. The van der Waals surface area contributed by atoms with Gasteiger partial charge in [0, 0.05) is 19.6 Å². The molecule has 2 aliphatic heterocycles. The molecule has 0 saturated carbocycles. The van der Waals surface area contributed by atoms with Gasteiger partial charge in [-0.1, -0.05) is 6.92 Å². The maximum absolute atomic E-state index is 12.1. The van der Waals surface area contributed by atoms with Crippen molar-refractivity contribution in [1.29, 1.82) is 0 Å². The van der Waals surface area contributed by atoms with E-state index in [9.17, 15) is 4.79 Å². The first-order chi connectivity index (χ1) is 14.7. The number of fused-ring (bicyclic) bond motifs is 1. The zero-order valence-corrected chi connectivity index (χ0v) is 17.1. The maximum atomic E-state index is 12.1. The Balaban J connectivity index is 1.20. The van der Waals surface area contributed by atoms with Gasteiger partial charge in [-0.2, -0.15) is 9.61 Å². The van der Waals surface area contributed by atoms with E-state index in [-0.39, 0.29) is 17.6 Å². The molecule has 2 fully saturated rings. The van der Waals surface area contributed by atoms with Crippen LogP contribution >= 0.6 is 0 Å². The van der Waals surface area contributed by atoms with E-state index in [4.69, 9.17) is 9.15 Å². The molecule has 5 heterocycles. The quantitative estimate of drug-likeness (QED) is 0.689. The molecule has 1 unspecified atom stereocenters. The molecule has 0 aromatic carbocycles. The Bertz CT molecular complexity index is 1020. The zero-order valence-electron chi connectivity index (χ0n) is 17.1. The Labute approximate surface area is 174 Å². The number of hydrogen-bond acceptors (Lipinski definition) is 7. The van der Waals surface area contributed by atoms with Crippen molar-refractivity contribution in [3.8, 4) is 0 Å². The van der Waals surface area contributed by atoms with Gasteiger partial charge in [-0.25, -0.2) is 0 Å². The van der Waals surface area contributed by atoms with Crippen LogP contribution in [0.3, 0.4) is 0 Å². The summed E-state index contributed by atoms with van der Waals surface area (Å²) in [5, 5.41) is 15.7. The van der Waals surface area contributed by atoms with E-state index in [2.05, 4.69) is 38.5 Å². The third kappa shape index (κ3) is 3.54. The smallest absolute Gasteiger partial charge is 0.287 e. The number of aryl methyl sites for hydroxylation is 1. The van der Waals surface area contributed by atoms with Gasteiger partial charge in [0.15, 0.2) is 5.76 Å². The number of carbonyl (C=O) groups excluding carboxylic acids is 1. The standard InChI is InChI=1S/C21H26N6O3/c1-2-15-12-17(19-24-23-14-27(19)25-15)26-9-7-21(8-10-26)6-5-16(30-21)13-22-20(28)18-4-3-11-29-18/h3-4,11-12,14,16H,2,5-10,13H2,1H3,(H,22,28). The minimum absolute atomic E-state index is 0.0475. The van der Waals surface area contributed by atoms with E-state index in [1.165, 1.54) is 6.26 Å². The first kappa shape index (κ1) is 19.0. The van der Waals surface area contributed by atoms with E-state index in [1.807, 2.05) is 0 Å². The molecule has 3 aromatic heterocycles. The maximum Gasteiger partial charge on any atom is 0.287 e. The molecule has 3 aromatic rings. The Hall–Kier alpha value is -2.94. The van der Waals surface area contributed by atoms with Crippen molar-refractivity contribution in [3.05, 3.63) is 42.2 Å². The summed E-state index contributed by atoms with van der Waals surface area (Å²) in [5.74, 6) is 0.140. The molecule has 1 spiro atoms. The summed E-state index contributed by atoms with van der Waals surface area (Å²) in [5.41, 5.74) is 2.83. The van der Waals surface area contributed by atoms with E-state index in [0.717, 1.165) is 62.2 Å². The highest BCUT2D eigenvalue weighted by molar-refractivity contribution is 5.91. The fourth-order valence-electron chi connectivity index (χ4n) is 4.53. The van der Waals surface area contributed by atoms with E-state index >= 15 is 0 Å². The summed E-state index contributed by atoms with van der Waals surface area (Å²) < 4.78 is 13.3. The lowest BCUT2D eigenvalue weighted by Crippen LogP contribution is -2.45. The Kier molecular flexibility index (Phi) is 4.90. The van der Waals surface area contributed by atoms with E-state index in [0.29, 0.717) is 12.3 Å². The molecule has 0 radical (unpaired) electrons. The largest absolute Gasteiger partial charge is 0.459 e. The van der Waals surface area contributed by atoms with Crippen LogP contribution in [0.25, 0.3) is 5.65 Å². The number of nitrogens with zero attached hydrogens (tertiary/aromatic N) is 5. The van der Waals surface area contributed by atoms with Gasteiger partial charge >= 0.3 is 0 Å². The van der Waals surface area contributed by atoms with Crippen LogP contribution in [0, 0.1) is 0 Å². The zero-order chi connectivity index (χ0) is 20.6. The van der Waals surface area contributed by atoms with E-state index in [1.54, 1.807) is 23.0 Å². The van der Waals surface area contributed by atoms with Crippen molar-refractivity contribution in [2.24, 2.45) is 0 Å². The molecule has 1 amide bonds. The van der Waals surface area contributed by atoms with Crippen molar-refractivity contribution in [3.63, 3.8) is 0 Å². The van der Waals surface area contributed by atoms with Crippen LogP contribution in [-0.2, 0) is 11.2 Å². The Morgan fingerprint density at radius 3 is 2.97 bits per heavy atom. The number of anilines is 1. The molecule has 9 nitrogen and oxygen atoms in total. The Morgan fingerprint density at radius 1 is 1.33 bits per heavy atom. The van der Waals surface area contributed by atoms with Gasteiger partial charge in [-0.3, -0.25) is 4.79 Å². The molecule has 1 atom stereocenters. The summed E-state index contributed by atoms with van der Waals surface area (Å²) in [4.78, 5) is 14.4.